The molecule has 2 N–H and O–H groups in total. The fourth-order valence-corrected chi connectivity index (χ4v) is 1.88. The van der Waals surface area contributed by atoms with Crippen molar-refractivity contribution in [3.05, 3.63) is 0 Å². The van der Waals surface area contributed by atoms with Crippen LogP contribution in [0.5, 0.6) is 0 Å². The lowest BCUT2D eigenvalue weighted by Crippen LogP contribution is -2.35. The van der Waals surface area contributed by atoms with Gasteiger partial charge in [0.05, 0.1) is 0 Å². The number of piperidine rings is 1. The summed E-state index contributed by atoms with van der Waals surface area (Å²) in [6, 6.07) is 0.687. The molecule has 0 aromatic rings. The quantitative estimate of drug-likeness (QED) is 0.644. The van der Waals surface area contributed by atoms with Gasteiger partial charge in [0.1, 0.15) is 0 Å². The Morgan fingerprint density at radius 3 is 3.00 bits per heavy atom. The molecule has 0 aromatic carbocycles. The molecule has 0 amide bonds. The molecule has 1 fully saturated rings. The molecule has 2 atom stereocenters. The lowest BCUT2D eigenvalue weighted by molar-refractivity contribution is 0.243. The third kappa shape index (κ3) is 3.21. The smallest absolute Gasteiger partial charge is 0.0431 e. The Bertz CT molecular complexity index is 106. The number of aliphatic hydroxyl groups excluding tert-OH is 1. The van der Waals surface area contributed by atoms with Gasteiger partial charge in [0.2, 0.25) is 0 Å². The van der Waals surface area contributed by atoms with E-state index in [2.05, 4.69) is 12.2 Å². The molecule has 0 saturated carbocycles. The van der Waals surface area contributed by atoms with E-state index < -0.39 is 0 Å². The molecule has 11 heavy (non-hydrogen) atoms. The average Bonchev–Trinajstić information content (AvgIpc) is 2.01. The molecule has 2 heteroatoms. The largest absolute Gasteiger partial charge is 0.396 e. The minimum Gasteiger partial charge on any atom is -0.396 e. The van der Waals surface area contributed by atoms with Crippen LogP contribution >= 0.6 is 0 Å². The predicted octanol–water partition coefficient (Wildman–Crippen LogP) is 1.15. The number of hydrogen-bond acceptors (Lipinski definition) is 2. The zero-order chi connectivity index (χ0) is 8.10. The van der Waals surface area contributed by atoms with Gasteiger partial charge in [0.15, 0.2) is 0 Å². The van der Waals surface area contributed by atoms with Crippen LogP contribution in [0.4, 0.5) is 0 Å². The summed E-state index contributed by atoms with van der Waals surface area (Å²) in [5.41, 5.74) is 0. The molecule has 0 radical (unpaired) electrons. The van der Waals surface area contributed by atoms with Crippen molar-refractivity contribution in [3.8, 4) is 0 Å². The second kappa shape index (κ2) is 4.73. The Kier molecular flexibility index (Phi) is 3.87. The first-order valence-electron chi connectivity index (χ1n) is 4.67. The summed E-state index contributed by atoms with van der Waals surface area (Å²) in [6.07, 6.45) is 4.78. The summed E-state index contributed by atoms with van der Waals surface area (Å²) in [7, 11) is 0. The summed E-state index contributed by atoms with van der Waals surface area (Å²) < 4.78 is 0. The highest BCUT2D eigenvalue weighted by atomic mass is 16.2. The van der Waals surface area contributed by atoms with E-state index in [-0.39, 0.29) is 0 Å². The van der Waals surface area contributed by atoms with Gasteiger partial charge in [-0.3, -0.25) is 0 Å². The zero-order valence-electron chi connectivity index (χ0n) is 7.34. The maximum atomic E-state index is 8.65. The first kappa shape index (κ1) is 9.01. The molecule has 1 aliphatic rings. The van der Waals surface area contributed by atoms with E-state index >= 15 is 0 Å². The maximum Gasteiger partial charge on any atom is 0.0431 e. The molecule has 1 saturated heterocycles. The number of rotatable bonds is 3. The SMILES string of the molecule is CC1CC(CCCO)CCN1. The highest BCUT2D eigenvalue weighted by Crippen LogP contribution is 2.20. The normalized spacial score (nSPS) is 32.2. The molecule has 2 nitrogen and oxygen atoms in total. The number of hydrogen-bond donors (Lipinski definition) is 2. The first-order valence-corrected chi connectivity index (χ1v) is 4.67. The van der Waals surface area contributed by atoms with Crippen molar-refractivity contribution in [1.29, 1.82) is 0 Å². The van der Waals surface area contributed by atoms with E-state index in [9.17, 15) is 0 Å². The number of nitrogens with one attached hydrogen (secondary N) is 1. The van der Waals surface area contributed by atoms with E-state index in [0.717, 1.165) is 18.9 Å². The molecule has 1 aliphatic heterocycles. The monoisotopic (exact) mass is 157 g/mol. The zero-order valence-corrected chi connectivity index (χ0v) is 7.34. The van der Waals surface area contributed by atoms with Crippen molar-refractivity contribution in [2.24, 2.45) is 5.92 Å². The topological polar surface area (TPSA) is 32.3 Å². The van der Waals surface area contributed by atoms with Crippen LogP contribution in [-0.2, 0) is 0 Å². The van der Waals surface area contributed by atoms with Crippen LogP contribution in [0.25, 0.3) is 0 Å². The second-order valence-corrected chi connectivity index (χ2v) is 3.61. The van der Waals surface area contributed by atoms with E-state index in [1.54, 1.807) is 0 Å². The van der Waals surface area contributed by atoms with Crippen LogP contribution in [0.2, 0.25) is 0 Å². The summed E-state index contributed by atoms with van der Waals surface area (Å²) in [6.45, 7) is 3.76. The Morgan fingerprint density at radius 1 is 1.55 bits per heavy atom. The summed E-state index contributed by atoms with van der Waals surface area (Å²) >= 11 is 0. The standard InChI is InChI=1S/C9H19NO/c1-8-7-9(3-2-6-11)4-5-10-8/h8-11H,2-7H2,1H3. The minimum atomic E-state index is 0.359. The molecule has 1 heterocycles. The van der Waals surface area contributed by atoms with Gasteiger partial charge in [-0.05, 0) is 45.1 Å². The van der Waals surface area contributed by atoms with Gasteiger partial charge >= 0.3 is 0 Å². The third-order valence-electron chi connectivity index (χ3n) is 2.50. The van der Waals surface area contributed by atoms with Crippen molar-refractivity contribution in [2.75, 3.05) is 13.2 Å². The van der Waals surface area contributed by atoms with Gasteiger partial charge in [-0.1, -0.05) is 0 Å². The Morgan fingerprint density at radius 2 is 2.36 bits per heavy atom. The highest BCUT2D eigenvalue weighted by Gasteiger charge is 2.16. The van der Waals surface area contributed by atoms with Crippen molar-refractivity contribution in [3.63, 3.8) is 0 Å². The minimum absolute atomic E-state index is 0.359. The van der Waals surface area contributed by atoms with Gasteiger partial charge in [-0.25, -0.2) is 0 Å². The molecule has 2 unspecified atom stereocenters. The molecule has 0 aliphatic carbocycles. The van der Waals surface area contributed by atoms with E-state index in [1.807, 2.05) is 0 Å². The van der Waals surface area contributed by atoms with Gasteiger partial charge in [-0.2, -0.15) is 0 Å². The fraction of sp³-hybridized carbons (Fsp3) is 1.00. The molecular formula is C9H19NO. The van der Waals surface area contributed by atoms with Crippen molar-refractivity contribution < 1.29 is 5.11 Å². The van der Waals surface area contributed by atoms with E-state index in [0.29, 0.717) is 12.6 Å². The predicted molar refractivity (Wildman–Crippen MR) is 46.5 cm³/mol. The molecule has 1 rings (SSSR count). The van der Waals surface area contributed by atoms with Gasteiger partial charge in [0, 0.05) is 12.6 Å². The fourth-order valence-electron chi connectivity index (χ4n) is 1.88. The summed E-state index contributed by atoms with van der Waals surface area (Å²) in [5, 5.41) is 12.1. The third-order valence-corrected chi connectivity index (χ3v) is 2.50. The summed E-state index contributed by atoms with van der Waals surface area (Å²) in [4.78, 5) is 0. The average molecular weight is 157 g/mol. The molecule has 0 spiro atoms. The van der Waals surface area contributed by atoms with Crippen LogP contribution < -0.4 is 5.32 Å². The molecule has 0 bridgehead atoms. The van der Waals surface area contributed by atoms with Crippen molar-refractivity contribution >= 4 is 0 Å². The molecular weight excluding hydrogens is 138 g/mol. The van der Waals surface area contributed by atoms with Crippen LogP contribution in [0, 0.1) is 5.92 Å². The Balaban J connectivity index is 2.12. The van der Waals surface area contributed by atoms with Gasteiger partial charge in [0.25, 0.3) is 0 Å². The second-order valence-electron chi connectivity index (χ2n) is 3.61. The van der Waals surface area contributed by atoms with Crippen LogP contribution in [0.15, 0.2) is 0 Å². The van der Waals surface area contributed by atoms with Gasteiger partial charge < -0.3 is 10.4 Å². The van der Waals surface area contributed by atoms with Crippen LogP contribution in [0.1, 0.15) is 32.6 Å². The number of aliphatic hydroxyl groups is 1. The Hall–Kier alpha value is -0.0800. The highest BCUT2D eigenvalue weighted by molar-refractivity contribution is 4.74. The van der Waals surface area contributed by atoms with E-state index in [4.69, 9.17) is 5.11 Å². The van der Waals surface area contributed by atoms with Crippen LogP contribution in [0.3, 0.4) is 0 Å². The van der Waals surface area contributed by atoms with Crippen LogP contribution in [-0.4, -0.2) is 24.3 Å². The van der Waals surface area contributed by atoms with Crippen molar-refractivity contribution in [1.82, 2.24) is 5.32 Å². The maximum absolute atomic E-state index is 8.65. The van der Waals surface area contributed by atoms with Crippen molar-refractivity contribution in [2.45, 2.75) is 38.6 Å². The molecule has 0 aromatic heterocycles. The van der Waals surface area contributed by atoms with Gasteiger partial charge in [-0.15, -0.1) is 0 Å². The lowest BCUT2D eigenvalue weighted by Gasteiger charge is -2.27. The van der Waals surface area contributed by atoms with E-state index in [1.165, 1.54) is 19.3 Å². The molecule has 66 valence electrons. The first-order chi connectivity index (χ1) is 5.33. The Labute approximate surface area is 69.0 Å². The summed E-state index contributed by atoms with van der Waals surface area (Å²) in [5.74, 6) is 0.860. The lowest BCUT2D eigenvalue weighted by atomic mass is 9.89.